The van der Waals surface area contributed by atoms with Gasteiger partial charge < -0.3 is 15.4 Å². The molecule has 1 fully saturated rings. The molecule has 2 rings (SSSR count). The fraction of sp³-hybridized carbons (Fsp3) is 0.562. The summed E-state index contributed by atoms with van der Waals surface area (Å²) in [6.07, 6.45) is 5.02. The van der Waals surface area contributed by atoms with Gasteiger partial charge in [0.25, 0.3) is 5.91 Å². The molecule has 4 heteroatoms. The molecule has 20 heavy (non-hydrogen) atoms. The van der Waals surface area contributed by atoms with Crippen LogP contribution in [0.3, 0.4) is 0 Å². The summed E-state index contributed by atoms with van der Waals surface area (Å²) in [6.45, 7) is 2.57. The molecule has 0 bridgehead atoms. The summed E-state index contributed by atoms with van der Waals surface area (Å²) >= 11 is 0. The van der Waals surface area contributed by atoms with Crippen molar-refractivity contribution in [2.75, 3.05) is 19.0 Å². The van der Waals surface area contributed by atoms with E-state index in [1.54, 1.807) is 7.11 Å². The van der Waals surface area contributed by atoms with E-state index in [9.17, 15) is 4.79 Å². The van der Waals surface area contributed by atoms with Crippen molar-refractivity contribution in [1.29, 1.82) is 0 Å². The normalized spacial score (nSPS) is 22.3. The van der Waals surface area contributed by atoms with Crippen LogP contribution in [0.4, 0.5) is 5.69 Å². The summed E-state index contributed by atoms with van der Waals surface area (Å²) in [5.41, 5.74) is 1.75. The fourth-order valence-corrected chi connectivity index (χ4v) is 2.74. The zero-order valence-corrected chi connectivity index (χ0v) is 12.3. The molecule has 0 heterocycles. The third-order valence-electron chi connectivity index (χ3n) is 3.84. The van der Waals surface area contributed by atoms with Crippen LogP contribution in [0.15, 0.2) is 24.3 Å². The van der Waals surface area contributed by atoms with Crippen molar-refractivity contribution in [3.05, 3.63) is 29.8 Å². The van der Waals surface area contributed by atoms with E-state index in [0.717, 1.165) is 18.5 Å². The molecule has 1 aromatic carbocycles. The van der Waals surface area contributed by atoms with Crippen molar-refractivity contribution in [3.63, 3.8) is 0 Å². The predicted octanol–water partition coefficient (Wildman–Crippen LogP) is 2.81. The number of hydrogen-bond acceptors (Lipinski definition) is 3. The minimum Gasteiger partial charge on any atom is -0.380 e. The van der Waals surface area contributed by atoms with E-state index < -0.39 is 0 Å². The van der Waals surface area contributed by atoms with E-state index in [-0.39, 0.29) is 12.0 Å². The highest BCUT2D eigenvalue weighted by Crippen LogP contribution is 2.24. The molecule has 1 amide bonds. The second-order valence-corrected chi connectivity index (χ2v) is 5.25. The number of carbonyl (C=O) groups excluding carboxylic acids is 1. The van der Waals surface area contributed by atoms with Gasteiger partial charge in [-0.3, -0.25) is 4.79 Å². The largest absolute Gasteiger partial charge is 0.380 e. The number of anilines is 1. The maximum absolute atomic E-state index is 11.7. The quantitative estimate of drug-likeness (QED) is 0.869. The molecular weight excluding hydrogens is 252 g/mol. The van der Waals surface area contributed by atoms with E-state index in [2.05, 4.69) is 10.6 Å². The van der Waals surface area contributed by atoms with Crippen LogP contribution in [-0.4, -0.2) is 31.7 Å². The highest BCUT2D eigenvalue weighted by molar-refractivity contribution is 5.94. The molecule has 0 radical (unpaired) electrons. The van der Waals surface area contributed by atoms with E-state index in [1.807, 2.05) is 31.2 Å². The molecule has 2 N–H and O–H groups in total. The lowest BCUT2D eigenvalue weighted by molar-refractivity contribution is 0.0606. The molecule has 4 nitrogen and oxygen atoms in total. The first kappa shape index (κ1) is 14.9. The predicted molar refractivity (Wildman–Crippen MR) is 81.1 cm³/mol. The van der Waals surface area contributed by atoms with Gasteiger partial charge in [-0.05, 0) is 44.0 Å². The summed E-state index contributed by atoms with van der Waals surface area (Å²) in [5.74, 6) is -0.0218. The van der Waals surface area contributed by atoms with Crippen molar-refractivity contribution in [3.8, 4) is 0 Å². The molecule has 2 atom stereocenters. The molecule has 1 saturated carbocycles. The maximum Gasteiger partial charge on any atom is 0.251 e. The van der Waals surface area contributed by atoms with Crippen LogP contribution >= 0.6 is 0 Å². The van der Waals surface area contributed by atoms with Gasteiger partial charge in [0.15, 0.2) is 0 Å². The van der Waals surface area contributed by atoms with Crippen LogP contribution in [-0.2, 0) is 4.74 Å². The third-order valence-corrected chi connectivity index (χ3v) is 3.84. The van der Waals surface area contributed by atoms with Crippen LogP contribution in [0.25, 0.3) is 0 Å². The van der Waals surface area contributed by atoms with Gasteiger partial charge in [-0.2, -0.15) is 0 Å². The summed E-state index contributed by atoms with van der Waals surface area (Å²) in [5, 5.41) is 6.32. The SMILES string of the molecule is CCNC(=O)c1ccc(NC2CCCCC2OC)cc1. The van der Waals surface area contributed by atoms with Crippen LogP contribution in [0.1, 0.15) is 43.0 Å². The molecule has 1 aromatic rings. The van der Waals surface area contributed by atoms with Crippen LogP contribution in [0.5, 0.6) is 0 Å². The zero-order chi connectivity index (χ0) is 14.4. The number of benzene rings is 1. The maximum atomic E-state index is 11.7. The first-order valence-corrected chi connectivity index (χ1v) is 7.42. The molecule has 0 aliphatic heterocycles. The fourth-order valence-electron chi connectivity index (χ4n) is 2.74. The standard InChI is InChI=1S/C16H24N2O2/c1-3-17-16(19)12-8-10-13(11-9-12)18-14-6-4-5-7-15(14)20-2/h8-11,14-15,18H,3-7H2,1-2H3,(H,17,19). The average molecular weight is 276 g/mol. The Morgan fingerprint density at radius 1 is 1.25 bits per heavy atom. The Bertz CT molecular complexity index is 431. The summed E-state index contributed by atoms with van der Waals surface area (Å²) in [4.78, 5) is 11.7. The van der Waals surface area contributed by atoms with E-state index in [0.29, 0.717) is 18.2 Å². The molecule has 0 aromatic heterocycles. The van der Waals surface area contributed by atoms with Crippen LogP contribution < -0.4 is 10.6 Å². The monoisotopic (exact) mass is 276 g/mol. The van der Waals surface area contributed by atoms with Crippen molar-refractivity contribution < 1.29 is 9.53 Å². The zero-order valence-electron chi connectivity index (χ0n) is 12.3. The number of carbonyl (C=O) groups is 1. The van der Waals surface area contributed by atoms with Gasteiger partial charge in [0.1, 0.15) is 0 Å². The summed E-state index contributed by atoms with van der Waals surface area (Å²) in [6, 6.07) is 8.01. The van der Waals surface area contributed by atoms with Gasteiger partial charge in [0.2, 0.25) is 0 Å². The first-order chi connectivity index (χ1) is 9.74. The number of amides is 1. The van der Waals surface area contributed by atoms with Gasteiger partial charge in [-0.15, -0.1) is 0 Å². The summed E-state index contributed by atoms with van der Waals surface area (Å²) in [7, 11) is 1.78. The molecule has 0 spiro atoms. The summed E-state index contributed by atoms with van der Waals surface area (Å²) < 4.78 is 5.54. The Morgan fingerprint density at radius 3 is 2.60 bits per heavy atom. The van der Waals surface area contributed by atoms with E-state index >= 15 is 0 Å². The first-order valence-electron chi connectivity index (χ1n) is 7.42. The Balaban J connectivity index is 1.97. The van der Waals surface area contributed by atoms with Crippen LogP contribution in [0.2, 0.25) is 0 Å². The lowest BCUT2D eigenvalue weighted by Gasteiger charge is -2.31. The van der Waals surface area contributed by atoms with Gasteiger partial charge in [-0.25, -0.2) is 0 Å². The number of nitrogens with one attached hydrogen (secondary N) is 2. The van der Waals surface area contributed by atoms with Crippen molar-refractivity contribution in [2.45, 2.75) is 44.8 Å². The Labute approximate surface area is 120 Å². The lowest BCUT2D eigenvalue weighted by atomic mass is 9.92. The van der Waals surface area contributed by atoms with Gasteiger partial charge in [0.05, 0.1) is 12.1 Å². The minimum absolute atomic E-state index is 0.0218. The molecular formula is C16H24N2O2. The second-order valence-electron chi connectivity index (χ2n) is 5.25. The van der Waals surface area contributed by atoms with Crippen LogP contribution in [0, 0.1) is 0 Å². The van der Waals surface area contributed by atoms with E-state index in [4.69, 9.17) is 4.74 Å². The Hall–Kier alpha value is -1.55. The molecule has 1 aliphatic rings. The van der Waals surface area contributed by atoms with Gasteiger partial charge >= 0.3 is 0 Å². The minimum atomic E-state index is -0.0218. The number of hydrogen-bond donors (Lipinski definition) is 2. The smallest absolute Gasteiger partial charge is 0.251 e. The van der Waals surface area contributed by atoms with Crippen molar-refractivity contribution in [1.82, 2.24) is 5.32 Å². The number of methoxy groups -OCH3 is 1. The van der Waals surface area contributed by atoms with Crippen molar-refractivity contribution >= 4 is 11.6 Å². The van der Waals surface area contributed by atoms with Gasteiger partial charge in [0, 0.05) is 24.9 Å². The Kier molecular flexibility index (Phi) is 5.41. The molecule has 1 aliphatic carbocycles. The van der Waals surface area contributed by atoms with Crippen molar-refractivity contribution in [2.24, 2.45) is 0 Å². The lowest BCUT2D eigenvalue weighted by Crippen LogP contribution is -2.37. The topological polar surface area (TPSA) is 50.4 Å². The third kappa shape index (κ3) is 3.73. The highest BCUT2D eigenvalue weighted by Gasteiger charge is 2.24. The molecule has 0 saturated heterocycles. The van der Waals surface area contributed by atoms with Gasteiger partial charge in [-0.1, -0.05) is 12.8 Å². The van der Waals surface area contributed by atoms with E-state index in [1.165, 1.54) is 12.8 Å². The average Bonchev–Trinajstić information content (AvgIpc) is 2.49. The second kappa shape index (κ2) is 7.29. The molecule has 110 valence electrons. The number of ether oxygens (including phenoxy) is 1. The highest BCUT2D eigenvalue weighted by atomic mass is 16.5. The number of rotatable bonds is 5. The molecule has 2 unspecified atom stereocenters. The Morgan fingerprint density at radius 2 is 1.95 bits per heavy atom.